The minimum Gasteiger partial charge on any atom is -0.397 e. The zero-order chi connectivity index (χ0) is 21.3. The highest BCUT2D eigenvalue weighted by molar-refractivity contribution is 5.99. The Balaban J connectivity index is 1.55. The highest BCUT2D eigenvalue weighted by atomic mass is 16.5. The second kappa shape index (κ2) is 8.52. The van der Waals surface area contributed by atoms with Gasteiger partial charge in [-0.15, -0.1) is 0 Å². The quantitative estimate of drug-likeness (QED) is 0.772. The van der Waals surface area contributed by atoms with Crippen LogP contribution in [0.1, 0.15) is 56.6 Å². The number of benzene rings is 2. The number of nitrogens with zero attached hydrogens (tertiary/aromatic N) is 1. The van der Waals surface area contributed by atoms with Gasteiger partial charge in [-0.2, -0.15) is 0 Å². The van der Waals surface area contributed by atoms with Crippen molar-refractivity contribution in [2.45, 2.75) is 45.8 Å². The minimum absolute atomic E-state index is 0.144. The first kappa shape index (κ1) is 20.5. The number of carbonyl (C=O) groups excluding carboxylic acids is 1. The summed E-state index contributed by atoms with van der Waals surface area (Å²) in [5, 5.41) is 2.96. The van der Waals surface area contributed by atoms with Crippen LogP contribution in [0.2, 0.25) is 0 Å². The van der Waals surface area contributed by atoms with Crippen LogP contribution >= 0.6 is 0 Å². The molecule has 5 heteroatoms. The molecule has 3 N–H and O–H groups in total. The van der Waals surface area contributed by atoms with Crippen LogP contribution in [-0.4, -0.2) is 37.1 Å². The summed E-state index contributed by atoms with van der Waals surface area (Å²) in [6.07, 6.45) is 4.92. The van der Waals surface area contributed by atoms with Gasteiger partial charge in [-0.05, 0) is 72.6 Å². The number of amides is 1. The summed E-state index contributed by atoms with van der Waals surface area (Å²) in [6, 6.07) is 10.4. The summed E-state index contributed by atoms with van der Waals surface area (Å²) in [4.78, 5) is 15.0. The second-order valence-corrected chi connectivity index (χ2v) is 8.39. The van der Waals surface area contributed by atoms with Crippen LogP contribution in [0.5, 0.6) is 0 Å². The molecular formula is C25H31N3O2. The second-order valence-electron chi connectivity index (χ2n) is 8.39. The first-order chi connectivity index (χ1) is 14.5. The van der Waals surface area contributed by atoms with Crippen molar-refractivity contribution < 1.29 is 9.53 Å². The van der Waals surface area contributed by atoms with Crippen molar-refractivity contribution in [3.8, 4) is 0 Å². The van der Waals surface area contributed by atoms with Gasteiger partial charge in [0, 0.05) is 38.5 Å². The maximum absolute atomic E-state index is 13.1. The number of ether oxygens (including phenoxy) is 1. The van der Waals surface area contributed by atoms with Gasteiger partial charge >= 0.3 is 0 Å². The van der Waals surface area contributed by atoms with E-state index in [2.05, 4.69) is 37.4 Å². The summed E-state index contributed by atoms with van der Waals surface area (Å²) in [7, 11) is 1.84. The van der Waals surface area contributed by atoms with E-state index < -0.39 is 0 Å². The third-order valence-electron chi connectivity index (χ3n) is 6.44. The number of hydrogen-bond acceptors (Lipinski definition) is 4. The molecule has 1 amide bonds. The predicted octanol–water partition coefficient (Wildman–Crippen LogP) is 3.51. The molecule has 1 saturated heterocycles. The summed E-state index contributed by atoms with van der Waals surface area (Å²) in [5.41, 5.74) is 14.7. The zero-order valence-corrected chi connectivity index (χ0v) is 18.1. The maximum Gasteiger partial charge on any atom is 0.254 e. The molecule has 0 aromatic heterocycles. The normalized spacial score (nSPS) is 18.8. The van der Waals surface area contributed by atoms with Crippen molar-refractivity contribution in [1.82, 2.24) is 10.2 Å². The first-order valence-corrected chi connectivity index (χ1v) is 10.7. The van der Waals surface area contributed by atoms with Crippen molar-refractivity contribution >= 4 is 11.6 Å². The van der Waals surface area contributed by atoms with E-state index in [1.54, 1.807) is 6.20 Å². The average Bonchev–Trinajstić information content (AvgIpc) is 3.36. The minimum atomic E-state index is 0.144. The van der Waals surface area contributed by atoms with E-state index in [0.717, 1.165) is 37.0 Å². The van der Waals surface area contributed by atoms with E-state index in [-0.39, 0.29) is 12.0 Å². The third-order valence-corrected chi connectivity index (χ3v) is 6.44. The van der Waals surface area contributed by atoms with Crippen molar-refractivity contribution in [3.63, 3.8) is 0 Å². The summed E-state index contributed by atoms with van der Waals surface area (Å²) in [6.45, 7) is 6.53. The Labute approximate surface area is 178 Å². The SMILES string of the molecule is CN/C=C(\N)c1ccc(Cc2cc3c(c(C)c2C)CN(CC2CCCO2)C3=O)cc1. The molecular weight excluding hydrogens is 374 g/mol. The van der Waals surface area contributed by atoms with E-state index in [1.807, 2.05) is 24.1 Å². The lowest BCUT2D eigenvalue weighted by Gasteiger charge is -2.19. The zero-order valence-electron chi connectivity index (χ0n) is 18.1. The molecule has 2 aromatic rings. The van der Waals surface area contributed by atoms with Crippen LogP contribution in [0.25, 0.3) is 5.70 Å². The molecule has 5 nitrogen and oxygen atoms in total. The molecule has 4 rings (SSSR count). The average molecular weight is 406 g/mol. The topological polar surface area (TPSA) is 67.6 Å². The van der Waals surface area contributed by atoms with Gasteiger partial charge in [-0.3, -0.25) is 4.79 Å². The predicted molar refractivity (Wildman–Crippen MR) is 120 cm³/mol. The third kappa shape index (κ3) is 3.94. The van der Waals surface area contributed by atoms with Gasteiger partial charge in [0.25, 0.3) is 5.91 Å². The van der Waals surface area contributed by atoms with Crippen LogP contribution in [0.4, 0.5) is 0 Å². The Hall–Kier alpha value is -2.79. The highest BCUT2D eigenvalue weighted by Gasteiger charge is 2.32. The Morgan fingerprint density at radius 3 is 2.70 bits per heavy atom. The molecule has 0 aliphatic carbocycles. The fourth-order valence-corrected chi connectivity index (χ4v) is 4.51. The number of nitrogens with one attached hydrogen (secondary N) is 1. The van der Waals surface area contributed by atoms with Crippen molar-refractivity contribution in [3.05, 3.63) is 75.5 Å². The number of hydrogen-bond donors (Lipinski definition) is 2. The monoisotopic (exact) mass is 405 g/mol. The fraction of sp³-hybridized carbons (Fsp3) is 0.400. The summed E-state index contributed by atoms with van der Waals surface area (Å²) in [5.74, 6) is 0.144. The molecule has 2 aliphatic rings. The van der Waals surface area contributed by atoms with Gasteiger partial charge in [-0.1, -0.05) is 24.3 Å². The van der Waals surface area contributed by atoms with Gasteiger partial charge in [0.1, 0.15) is 0 Å². The molecule has 0 spiro atoms. The molecule has 2 aromatic carbocycles. The van der Waals surface area contributed by atoms with Crippen LogP contribution in [0.3, 0.4) is 0 Å². The van der Waals surface area contributed by atoms with E-state index in [4.69, 9.17) is 10.5 Å². The number of rotatable bonds is 6. The Morgan fingerprint density at radius 2 is 2.03 bits per heavy atom. The summed E-state index contributed by atoms with van der Waals surface area (Å²) < 4.78 is 5.75. The number of carbonyl (C=O) groups is 1. The molecule has 2 aliphatic heterocycles. The van der Waals surface area contributed by atoms with E-state index in [1.165, 1.54) is 27.8 Å². The van der Waals surface area contributed by atoms with Crippen molar-refractivity contribution in [1.29, 1.82) is 0 Å². The molecule has 2 heterocycles. The van der Waals surface area contributed by atoms with E-state index in [9.17, 15) is 4.79 Å². The van der Waals surface area contributed by atoms with Crippen LogP contribution in [0, 0.1) is 13.8 Å². The summed E-state index contributed by atoms with van der Waals surface area (Å²) >= 11 is 0. The van der Waals surface area contributed by atoms with E-state index >= 15 is 0 Å². The van der Waals surface area contributed by atoms with Gasteiger partial charge in [0.2, 0.25) is 0 Å². The Kier molecular flexibility index (Phi) is 5.82. The largest absolute Gasteiger partial charge is 0.397 e. The van der Waals surface area contributed by atoms with Crippen LogP contribution < -0.4 is 11.1 Å². The van der Waals surface area contributed by atoms with Crippen LogP contribution in [-0.2, 0) is 17.7 Å². The van der Waals surface area contributed by atoms with Crippen LogP contribution in [0.15, 0.2) is 36.5 Å². The molecule has 1 atom stereocenters. The fourth-order valence-electron chi connectivity index (χ4n) is 4.51. The lowest BCUT2D eigenvalue weighted by molar-refractivity contribution is 0.0545. The van der Waals surface area contributed by atoms with Gasteiger partial charge < -0.3 is 20.7 Å². The number of fused-ring (bicyclic) bond motifs is 1. The molecule has 0 saturated carbocycles. The molecule has 1 fully saturated rings. The smallest absolute Gasteiger partial charge is 0.254 e. The molecule has 0 radical (unpaired) electrons. The molecule has 0 bridgehead atoms. The Bertz CT molecular complexity index is 973. The van der Waals surface area contributed by atoms with Crippen molar-refractivity contribution in [2.24, 2.45) is 5.73 Å². The standard InChI is InChI=1S/C25H31N3O2/c1-16-17(2)23-15-28(14-21-5-4-10-30-21)25(29)22(23)12-20(16)11-18-6-8-19(9-7-18)24(26)13-27-3/h6-9,12-13,21,27H,4-5,10-11,14-15,26H2,1-3H3/b24-13-. The van der Waals surface area contributed by atoms with Gasteiger partial charge in [-0.25, -0.2) is 0 Å². The molecule has 158 valence electrons. The maximum atomic E-state index is 13.1. The Morgan fingerprint density at radius 1 is 1.27 bits per heavy atom. The van der Waals surface area contributed by atoms with Gasteiger partial charge in [0.05, 0.1) is 11.8 Å². The van der Waals surface area contributed by atoms with Crippen molar-refractivity contribution in [2.75, 3.05) is 20.2 Å². The molecule has 30 heavy (non-hydrogen) atoms. The highest BCUT2D eigenvalue weighted by Crippen LogP contribution is 2.32. The number of nitrogens with two attached hydrogens (primary N) is 1. The lowest BCUT2D eigenvalue weighted by Crippen LogP contribution is -2.32. The lowest BCUT2D eigenvalue weighted by atomic mass is 9.91. The first-order valence-electron chi connectivity index (χ1n) is 10.7. The van der Waals surface area contributed by atoms with Gasteiger partial charge in [0.15, 0.2) is 0 Å². The molecule has 1 unspecified atom stereocenters. The van der Waals surface area contributed by atoms with E-state index in [0.29, 0.717) is 18.8 Å².